The van der Waals surface area contributed by atoms with Crippen molar-refractivity contribution in [2.24, 2.45) is 0 Å². The first-order valence-electron chi connectivity index (χ1n) is 7.12. The van der Waals surface area contributed by atoms with Crippen LogP contribution in [0.25, 0.3) is 9.88 Å². The van der Waals surface area contributed by atoms with Crippen LogP contribution in [0.5, 0.6) is 0 Å². The minimum atomic E-state index is -3.57. The standard InChI is InChI=1S/C16H16N2O2S3/c1-3-12-10-21-16(17-12)14-7-8-15(22-14)23(19,20)18-13-6-4-5-11(2)9-13/h4-10,18H,3H2,1-2H3. The highest BCUT2D eigenvalue weighted by atomic mass is 32.2. The van der Waals surface area contributed by atoms with Gasteiger partial charge in [0.2, 0.25) is 0 Å². The monoisotopic (exact) mass is 364 g/mol. The van der Waals surface area contributed by atoms with E-state index in [9.17, 15) is 8.42 Å². The lowest BCUT2D eigenvalue weighted by molar-refractivity contribution is 0.603. The van der Waals surface area contributed by atoms with E-state index >= 15 is 0 Å². The van der Waals surface area contributed by atoms with E-state index in [2.05, 4.69) is 16.6 Å². The summed E-state index contributed by atoms with van der Waals surface area (Å²) >= 11 is 2.78. The predicted octanol–water partition coefficient (Wildman–Crippen LogP) is 4.54. The number of hydrogen-bond acceptors (Lipinski definition) is 5. The molecule has 0 aliphatic heterocycles. The molecule has 0 saturated carbocycles. The molecule has 0 aliphatic rings. The number of aromatic nitrogens is 1. The second-order valence-corrected chi connectivity index (χ2v) is 8.94. The maximum Gasteiger partial charge on any atom is 0.271 e. The third-order valence-corrected chi connectivity index (χ3v) is 7.26. The summed E-state index contributed by atoms with van der Waals surface area (Å²) in [6, 6.07) is 10.7. The normalized spacial score (nSPS) is 11.6. The number of thiophene rings is 1. The van der Waals surface area contributed by atoms with Gasteiger partial charge in [0.25, 0.3) is 10.0 Å². The SMILES string of the molecule is CCc1csc(-c2ccc(S(=O)(=O)Nc3cccc(C)c3)s2)n1. The first-order chi connectivity index (χ1) is 11.0. The zero-order valence-corrected chi connectivity index (χ0v) is 15.2. The molecule has 1 aromatic carbocycles. The van der Waals surface area contributed by atoms with Crippen LogP contribution in [0.4, 0.5) is 5.69 Å². The molecule has 120 valence electrons. The van der Waals surface area contributed by atoms with Gasteiger partial charge in [0.1, 0.15) is 9.22 Å². The number of nitrogens with zero attached hydrogens (tertiary/aromatic N) is 1. The Morgan fingerprint density at radius 2 is 2.04 bits per heavy atom. The molecule has 23 heavy (non-hydrogen) atoms. The van der Waals surface area contributed by atoms with E-state index in [4.69, 9.17) is 0 Å². The summed E-state index contributed by atoms with van der Waals surface area (Å²) in [6.07, 6.45) is 0.877. The van der Waals surface area contributed by atoms with Gasteiger partial charge in [-0.15, -0.1) is 22.7 Å². The first kappa shape index (κ1) is 16.2. The summed E-state index contributed by atoms with van der Waals surface area (Å²) in [7, 11) is -3.57. The lowest BCUT2D eigenvalue weighted by atomic mass is 10.2. The molecule has 3 rings (SSSR count). The summed E-state index contributed by atoms with van der Waals surface area (Å²) in [4.78, 5) is 5.38. The summed E-state index contributed by atoms with van der Waals surface area (Å²) in [5.41, 5.74) is 2.61. The highest BCUT2D eigenvalue weighted by Gasteiger charge is 2.18. The molecule has 0 saturated heterocycles. The largest absolute Gasteiger partial charge is 0.279 e. The van der Waals surface area contributed by atoms with E-state index in [0.717, 1.165) is 27.6 Å². The zero-order valence-electron chi connectivity index (χ0n) is 12.7. The topological polar surface area (TPSA) is 59.1 Å². The average molecular weight is 365 g/mol. The zero-order chi connectivity index (χ0) is 16.4. The minimum absolute atomic E-state index is 0.294. The van der Waals surface area contributed by atoms with Gasteiger partial charge >= 0.3 is 0 Å². The van der Waals surface area contributed by atoms with Crippen molar-refractivity contribution >= 4 is 38.4 Å². The second kappa shape index (κ2) is 6.43. The Morgan fingerprint density at radius 1 is 1.22 bits per heavy atom. The van der Waals surface area contributed by atoms with Gasteiger partial charge in [-0.25, -0.2) is 13.4 Å². The molecule has 4 nitrogen and oxygen atoms in total. The van der Waals surface area contributed by atoms with Gasteiger partial charge in [0, 0.05) is 11.1 Å². The van der Waals surface area contributed by atoms with Crippen LogP contribution in [-0.2, 0) is 16.4 Å². The van der Waals surface area contributed by atoms with E-state index in [1.54, 1.807) is 29.5 Å². The molecule has 0 fully saturated rings. The molecular weight excluding hydrogens is 348 g/mol. The number of rotatable bonds is 5. The van der Waals surface area contributed by atoms with Crippen LogP contribution < -0.4 is 4.72 Å². The van der Waals surface area contributed by atoms with Crippen molar-refractivity contribution in [3.63, 3.8) is 0 Å². The van der Waals surface area contributed by atoms with Crippen LogP contribution >= 0.6 is 22.7 Å². The number of benzene rings is 1. The van der Waals surface area contributed by atoms with Gasteiger partial charge in [-0.1, -0.05) is 19.1 Å². The third kappa shape index (κ3) is 3.63. The molecule has 0 atom stereocenters. The number of sulfonamides is 1. The fourth-order valence-electron chi connectivity index (χ4n) is 2.08. The smallest absolute Gasteiger partial charge is 0.271 e. The average Bonchev–Trinajstić information content (AvgIpc) is 3.16. The first-order valence-corrected chi connectivity index (χ1v) is 10.3. The number of thiazole rings is 1. The maximum atomic E-state index is 12.5. The van der Waals surface area contributed by atoms with Gasteiger partial charge in [-0.3, -0.25) is 4.72 Å². The molecule has 0 unspecified atom stereocenters. The number of aryl methyl sites for hydroxylation is 2. The van der Waals surface area contributed by atoms with E-state index in [0.29, 0.717) is 9.90 Å². The Kier molecular flexibility index (Phi) is 4.52. The Hall–Kier alpha value is -1.70. The Morgan fingerprint density at radius 3 is 2.74 bits per heavy atom. The predicted molar refractivity (Wildman–Crippen MR) is 96.8 cm³/mol. The van der Waals surface area contributed by atoms with Gasteiger partial charge < -0.3 is 0 Å². The second-order valence-electron chi connectivity index (χ2n) is 5.09. The lowest BCUT2D eigenvalue weighted by Crippen LogP contribution is -2.11. The van der Waals surface area contributed by atoms with Crippen molar-refractivity contribution in [1.82, 2.24) is 4.98 Å². The van der Waals surface area contributed by atoms with Crippen LogP contribution in [0.3, 0.4) is 0 Å². The maximum absolute atomic E-state index is 12.5. The van der Waals surface area contributed by atoms with Gasteiger partial charge in [-0.2, -0.15) is 0 Å². The van der Waals surface area contributed by atoms with Crippen molar-refractivity contribution in [3.8, 4) is 9.88 Å². The fourth-order valence-corrected chi connectivity index (χ4v) is 5.41. The van der Waals surface area contributed by atoms with Crippen LogP contribution in [0, 0.1) is 6.92 Å². The lowest BCUT2D eigenvalue weighted by Gasteiger charge is -2.06. The highest BCUT2D eigenvalue weighted by Crippen LogP contribution is 2.33. The summed E-state index contributed by atoms with van der Waals surface area (Å²) in [5, 5.41) is 2.87. The number of nitrogens with one attached hydrogen (secondary N) is 1. The van der Waals surface area contributed by atoms with Gasteiger partial charge in [0.15, 0.2) is 0 Å². The Labute approximate surface area is 143 Å². The van der Waals surface area contributed by atoms with E-state index in [1.807, 2.05) is 30.5 Å². The molecular formula is C16H16N2O2S3. The Bertz CT molecular complexity index is 926. The molecule has 0 aliphatic carbocycles. The molecule has 7 heteroatoms. The van der Waals surface area contributed by atoms with Crippen molar-refractivity contribution in [2.75, 3.05) is 4.72 Å². The Balaban J connectivity index is 1.86. The number of hydrogen-bond donors (Lipinski definition) is 1. The molecule has 1 N–H and O–H groups in total. The molecule has 0 radical (unpaired) electrons. The van der Waals surface area contributed by atoms with Crippen LogP contribution in [-0.4, -0.2) is 13.4 Å². The molecule has 2 aromatic heterocycles. The van der Waals surface area contributed by atoms with Gasteiger partial charge in [-0.05, 0) is 43.2 Å². The van der Waals surface area contributed by atoms with Crippen molar-refractivity contribution < 1.29 is 8.42 Å². The number of anilines is 1. The van der Waals surface area contributed by atoms with Crippen LogP contribution in [0.2, 0.25) is 0 Å². The molecule has 0 bridgehead atoms. The van der Waals surface area contributed by atoms with Crippen molar-refractivity contribution in [2.45, 2.75) is 24.5 Å². The molecule has 2 heterocycles. The summed E-state index contributed by atoms with van der Waals surface area (Å²) in [6.45, 7) is 3.98. The van der Waals surface area contributed by atoms with Crippen molar-refractivity contribution in [1.29, 1.82) is 0 Å². The molecule has 0 amide bonds. The van der Waals surface area contributed by atoms with Crippen molar-refractivity contribution in [3.05, 3.63) is 53.0 Å². The van der Waals surface area contributed by atoms with Gasteiger partial charge in [0.05, 0.1) is 10.6 Å². The van der Waals surface area contributed by atoms with E-state index < -0.39 is 10.0 Å². The van der Waals surface area contributed by atoms with Crippen LogP contribution in [0.15, 0.2) is 46.0 Å². The summed E-state index contributed by atoms with van der Waals surface area (Å²) < 4.78 is 27.9. The highest BCUT2D eigenvalue weighted by molar-refractivity contribution is 7.94. The summed E-state index contributed by atoms with van der Waals surface area (Å²) in [5.74, 6) is 0. The van der Waals surface area contributed by atoms with E-state index in [-0.39, 0.29) is 0 Å². The molecule has 3 aromatic rings. The third-order valence-electron chi connectivity index (χ3n) is 3.24. The quantitative estimate of drug-likeness (QED) is 0.723. The van der Waals surface area contributed by atoms with Crippen LogP contribution in [0.1, 0.15) is 18.2 Å². The fraction of sp³-hybridized carbons (Fsp3) is 0.188. The van der Waals surface area contributed by atoms with E-state index in [1.165, 1.54) is 11.3 Å². The molecule has 0 spiro atoms. The minimum Gasteiger partial charge on any atom is -0.279 e.